The van der Waals surface area contributed by atoms with Crippen LogP contribution in [-0.4, -0.2) is 40.8 Å². The number of likely N-dealkylation sites (tertiary alicyclic amines) is 1. The number of hydrogen-bond donors (Lipinski definition) is 1. The van der Waals surface area contributed by atoms with E-state index in [0.717, 1.165) is 12.1 Å². The molecule has 1 aliphatic rings. The van der Waals surface area contributed by atoms with E-state index >= 15 is 0 Å². The smallest absolute Gasteiger partial charge is 0.223 e. The molecule has 0 aliphatic carbocycles. The van der Waals surface area contributed by atoms with E-state index < -0.39 is 11.6 Å². The van der Waals surface area contributed by atoms with Crippen LogP contribution in [0.5, 0.6) is 0 Å². The third-order valence-corrected chi connectivity index (χ3v) is 5.89. The van der Waals surface area contributed by atoms with Crippen LogP contribution in [0.2, 0.25) is 0 Å². The number of oxazole rings is 1. The van der Waals surface area contributed by atoms with E-state index in [9.17, 15) is 18.4 Å². The highest BCUT2D eigenvalue weighted by molar-refractivity contribution is 5.80. The predicted molar refractivity (Wildman–Crippen MR) is 112 cm³/mol. The first-order valence-corrected chi connectivity index (χ1v) is 10.7. The van der Waals surface area contributed by atoms with Gasteiger partial charge in [0, 0.05) is 44.0 Å². The van der Waals surface area contributed by atoms with Crippen molar-refractivity contribution in [1.29, 1.82) is 0 Å². The number of nitrogens with zero attached hydrogens (tertiary/aromatic N) is 2. The molecule has 1 aliphatic heterocycles. The van der Waals surface area contributed by atoms with E-state index in [2.05, 4.69) is 24.1 Å². The number of aryl methyl sites for hydroxylation is 1. The Bertz CT molecular complexity index is 921. The molecule has 0 spiro atoms. The van der Waals surface area contributed by atoms with E-state index in [-0.39, 0.29) is 47.9 Å². The van der Waals surface area contributed by atoms with Gasteiger partial charge in [-0.3, -0.25) is 9.59 Å². The number of aromatic nitrogens is 1. The van der Waals surface area contributed by atoms with Crippen molar-refractivity contribution in [3.63, 3.8) is 0 Å². The Morgan fingerprint density at radius 3 is 2.58 bits per heavy atom. The van der Waals surface area contributed by atoms with Crippen molar-refractivity contribution in [2.45, 2.75) is 52.5 Å². The lowest BCUT2D eigenvalue weighted by atomic mass is 9.94. The van der Waals surface area contributed by atoms with E-state index in [1.165, 1.54) is 12.3 Å². The second kappa shape index (κ2) is 10.0. The molecule has 0 bridgehead atoms. The molecule has 1 aromatic carbocycles. The van der Waals surface area contributed by atoms with Crippen molar-refractivity contribution >= 4 is 11.8 Å². The number of nitrogens with one attached hydrogen (secondary N) is 1. The molecule has 1 aromatic heterocycles. The van der Waals surface area contributed by atoms with Crippen molar-refractivity contribution < 1.29 is 22.8 Å². The molecular formula is C23H29F2N3O3. The van der Waals surface area contributed by atoms with Crippen molar-refractivity contribution in [2.75, 3.05) is 13.1 Å². The molecule has 6 nitrogen and oxygen atoms in total. The fourth-order valence-corrected chi connectivity index (χ4v) is 3.51. The fraction of sp³-hybridized carbons (Fsp3) is 0.522. The third kappa shape index (κ3) is 5.89. The molecule has 1 unspecified atom stereocenters. The first kappa shape index (κ1) is 22.9. The molecule has 2 heterocycles. The van der Waals surface area contributed by atoms with Crippen LogP contribution in [0.25, 0.3) is 11.3 Å². The van der Waals surface area contributed by atoms with Gasteiger partial charge in [0.05, 0.1) is 11.8 Å². The Labute approximate surface area is 181 Å². The Kier molecular flexibility index (Phi) is 7.41. The number of benzene rings is 1. The highest BCUT2D eigenvalue weighted by Crippen LogP contribution is 2.25. The number of carbonyl (C=O) groups is 2. The van der Waals surface area contributed by atoms with Gasteiger partial charge >= 0.3 is 0 Å². The summed E-state index contributed by atoms with van der Waals surface area (Å²) in [5, 5.41) is 3.05. The minimum atomic E-state index is -0.728. The topological polar surface area (TPSA) is 75.4 Å². The van der Waals surface area contributed by atoms with E-state index in [4.69, 9.17) is 4.42 Å². The normalized spacial score (nSPS) is 15.9. The first-order valence-electron chi connectivity index (χ1n) is 10.7. The van der Waals surface area contributed by atoms with Crippen LogP contribution in [-0.2, 0) is 16.0 Å². The molecule has 2 aromatic rings. The Hall–Kier alpha value is -2.77. The molecule has 31 heavy (non-hydrogen) atoms. The number of hydrogen-bond acceptors (Lipinski definition) is 4. The fourth-order valence-electron chi connectivity index (χ4n) is 3.51. The van der Waals surface area contributed by atoms with Gasteiger partial charge in [0.1, 0.15) is 11.6 Å². The predicted octanol–water partition coefficient (Wildman–Crippen LogP) is 3.95. The van der Waals surface area contributed by atoms with Crippen molar-refractivity contribution in [2.24, 2.45) is 11.8 Å². The van der Waals surface area contributed by atoms with Gasteiger partial charge in [0.25, 0.3) is 0 Å². The maximum atomic E-state index is 13.9. The average molecular weight is 433 g/mol. The van der Waals surface area contributed by atoms with Crippen LogP contribution < -0.4 is 5.32 Å². The third-order valence-electron chi connectivity index (χ3n) is 5.89. The Morgan fingerprint density at radius 2 is 1.94 bits per heavy atom. The lowest BCUT2D eigenvalue weighted by Crippen LogP contribution is -2.45. The second-order valence-electron chi connectivity index (χ2n) is 8.44. The van der Waals surface area contributed by atoms with E-state index in [0.29, 0.717) is 37.7 Å². The zero-order chi connectivity index (χ0) is 22.5. The van der Waals surface area contributed by atoms with Gasteiger partial charge in [-0.2, -0.15) is 0 Å². The summed E-state index contributed by atoms with van der Waals surface area (Å²) in [4.78, 5) is 30.8. The number of halogens is 2. The summed E-state index contributed by atoms with van der Waals surface area (Å²) in [5.41, 5.74) is 0.124. The zero-order valence-corrected chi connectivity index (χ0v) is 18.2. The molecule has 168 valence electrons. The van der Waals surface area contributed by atoms with Crippen LogP contribution in [0.15, 0.2) is 28.8 Å². The molecule has 2 amide bonds. The quantitative estimate of drug-likeness (QED) is 0.717. The molecule has 1 saturated heterocycles. The van der Waals surface area contributed by atoms with Crippen LogP contribution in [0.1, 0.15) is 45.9 Å². The summed E-state index contributed by atoms with van der Waals surface area (Å²) < 4.78 is 32.5. The molecule has 1 N–H and O–H groups in total. The maximum Gasteiger partial charge on any atom is 0.223 e. The molecule has 1 atom stereocenters. The lowest BCUT2D eigenvalue weighted by Gasteiger charge is -2.32. The summed E-state index contributed by atoms with van der Waals surface area (Å²) in [6.45, 7) is 7.23. The highest BCUT2D eigenvalue weighted by Gasteiger charge is 2.28. The number of rotatable bonds is 7. The van der Waals surface area contributed by atoms with Gasteiger partial charge < -0.3 is 14.6 Å². The van der Waals surface area contributed by atoms with Gasteiger partial charge in [-0.15, -0.1) is 0 Å². The molecule has 1 fully saturated rings. The molecular weight excluding hydrogens is 404 g/mol. The van der Waals surface area contributed by atoms with E-state index in [1.807, 2.05) is 6.92 Å². The highest BCUT2D eigenvalue weighted by atomic mass is 19.1. The summed E-state index contributed by atoms with van der Waals surface area (Å²) in [7, 11) is 0. The molecule has 0 saturated carbocycles. The van der Waals surface area contributed by atoms with Crippen molar-refractivity contribution in [1.82, 2.24) is 15.2 Å². The van der Waals surface area contributed by atoms with Crippen LogP contribution in [0.4, 0.5) is 8.78 Å². The zero-order valence-electron chi connectivity index (χ0n) is 18.2. The average Bonchev–Trinajstić information content (AvgIpc) is 3.20. The standard InChI is InChI=1S/C23H29F2N3O3/c1-14(2)15(3)27-23(30)16-8-10-28(11-9-16)22(29)7-6-21-26-13-20(31-21)18-5-4-17(24)12-19(18)25/h4-5,12-16H,6-11H2,1-3H3,(H,27,30). The maximum absolute atomic E-state index is 13.9. The molecule has 3 rings (SSSR count). The van der Waals surface area contributed by atoms with Gasteiger partial charge in [0.2, 0.25) is 11.8 Å². The van der Waals surface area contributed by atoms with Crippen molar-refractivity contribution in [3.8, 4) is 11.3 Å². The van der Waals surface area contributed by atoms with Gasteiger partial charge in [-0.25, -0.2) is 13.8 Å². The summed E-state index contributed by atoms with van der Waals surface area (Å²) in [5.74, 6) is -0.524. The van der Waals surface area contributed by atoms with E-state index in [1.54, 1.807) is 4.90 Å². The van der Waals surface area contributed by atoms with Crippen LogP contribution in [0, 0.1) is 23.5 Å². The molecule has 8 heteroatoms. The van der Waals surface area contributed by atoms with Crippen molar-refractivity contribution in [3.05, 3.63) is 41.9 Å². The first-order chi connectivity index (χ1) is 14.7. The summed E-state index contributed by atoms with van der Waals surface area (Å²) in [6, 6.07) is 3.36. The van der Waals surface area contributed by atoms with Gasteiger partial charge in [-0.1, -0.05) is 13.8 Å². The minimum absolute atomic E-state index is 0.0258. The number of carbonyl (C=O) groups excluding carboxylic acids is 2. The molecule has 0 radical (unpaired) electrons. The van der Waals surface area contributed by atoms with Crippen LogP contribution in [0.3, 0.4) is 0 Å². The van der Waals surface area contributed by atoms with Gasteiger partial charge in [0.15, 0.2) is 11.7 Å². The monoisotopic (exact) mass is 433 g/mol. The van der Waals surface area contributed by atoms with Crippen LogP contribution >= 0.6 is 0 Å². The SMILES string of the molecule is CC(C)C(C)NC(=O)C1CCN(C(=O)CCc2ncc(-c3ccc(F)cc3F)o2)CC1. The Balaban J connectivity index is 1.47. The minimum Gasteiger partial charge on any atom is -0.441 e. The Morgan fingerprint density at radius 1 is 1.23 bits per heavy atom. The summed E-state index contributed by atoms with van der Waals surface area (Å²) in [6.07, 6.45) is 3.17. The number of amides is 2. The summed E-state index contributed by atoms with van der Waals surface area (Å²) >= 11 is 0. The van der Waals surface area contributed by atoms with Gasteiger partial charge in [-0.05, 0) is 37.8 Å². The largest absolute Gasteiger partial charge is 0.441 e. The number of piperidine rings is 1. The second-order valence-corrected chi connectivity index (χ2v) is 8.44. The lowest BCUT2D eigenvalue weighted by molar-refractivity contribution is -0.135.